The van der Waals surface area contributed by atoms with Crippen molar-refractivity contribution in [1.29, 1.82) is 0 Å². The molecule has 0 fully saturated rings. The van der Waals surface area contributed by atoms with E-state index in [0.717, 1.165) is 27.8 Å². The molecule has 1 aliphatic heterocycles. The quantitative estimate of drug-likeness (QED) is 0.647. The maximum Gasteiger partial charge on any atom is 0.261 e. The van der Waals surface area contributed by atoms with Crippen molar-refractivity contribution in [2.24, 2.45) is 0 Å². The molecule has 1 aliphatic rings. The first kappa shape index (κ1) is 20.1. The van der Waals surface area contributed by atoms with E-state index in [9.17, 15) is 4.79 Å². The second-order valence-electron chi connectivity index (χ2n) is 8.30. The topological polar surface area (TPSA) is 56.8 Å². The molecule has 1 heterocycles. The molecule has 0 radical (unpaired) electrons. The lowest BCUT2D eigenvalue weighted by Crippen LogP contribution is -2.44. The zero-order chi connectivity index (χ0) is 21.3. The normalized spacial score (nSPS) is 18.1. The minimum Gasteiger partial charge on any atom is -0.497 e. The van der Waals surface area contributed by atoms with Crippen molar-refractivity contribution in [2.75, 3.05) is 7.11 Å². The van der Waals surface area contributed by atoms with Crippen LogP contribution in [0, 0.1) is 0 Å². The van der Waals surface area contributed by atoms with E-state index in [1.54, 1.807) is 14.0 Å². The van der Waals surface area contributed by atoms with Crippen LogP contribution in [0.5, 0.6) is 17.2 Å². The lowest BCUT2D eigenvalue weighted by atomic mass is 9.89. The van der Waals surface area contributed by atoms with Gasteiger partial charge in [-0.1, -0.05) is 30.3 Å². The smallest absolute Gasteiger partial charge is 0.261 e. The summed E-state index contributed by atoms with van der Waals surface area (Å²) in [6.07, 6.45) is 0.0212. The number of carbonyl (C=O) groups excluding carboxylic acids is 1. The van der Waals surface area contributed by atoms with E-state index in [1.807, 2.05) is 74.5 Å². The van der Waals surface area contributed by atoms with Gasteiger partial charge in [-0.25, -0.2) is 0 Å². The van der Waals surface area contributed by atoms with Gasteiger partial charge in [0.05, 0.1) is 13.2 Å². The fourth-order valence-electron chi connectivity index (χ4n) is 3.88. The van der Waals surface area contributed by atoms with Crippen LogP contribution in [0.2, 0.25) is 0 Å². The van der Waals surface area contributed by atoms with Gasteiger partial charge < -0.3 is 19.5 Å². The van der Waals surface area contributed by atoms with Gasteiger partial charge in [-0.05, 0) is 61.9 Å². The van der Waals surface area contributed by atoms with Crippen LogP contribution >= 0.6 is 0 Å². The predicted molar refractivity (Wildman–Crippen MR) is 117 cm³/mol. The van der Waals surface area contributed by atoms with Gasteiger partial charge in [-0.2, -0.15) is 0 Å². The molecule has 0 spiro atoms. The van der Waals surface area contributed by atoms with Crippen LogP contribution in [-0.4, -0.2) is 24.7 Å². The number of nitrogens with one attached hydrogen (secondary N) is 1. The SMILES string of the molecule is COc1ccc2c(c1)C(NC(=O)C(C)Oc1ccc3ccccc3c1)CC(C)(C)O2. The molecule has 2 unspecified atom stereocenters. The number of amides is 1. The van der Waals surface area contributed by atoms with Crippen LogP contribution in [0.15, 0.2) is 60.7 Å². The minimum atomic E-state index is -0.633. The van der Waals surface area contributed by atoms with E-state index in [-0.39, 0.29) is 17.6 Å². The summed E-state index contributed by atoms with van der Waals surface area (Å²) in [5.74, 6) is 2.00. The van der Waals surface area contributed by atoms with Crippen LogP contribution in [0.1, 0.15) is 38.8 Å². The first-order valence-electron chi connectivity index (χ1n) is 10.2. The Hall–Kier alpha value is -3.21. The third kappa shape index (κ3) is 4.20. The molecule has 4 rings (SSSR count). The molecule has 5 heteroatoms. The standard InChI is InChI=1S/C25H27NO4/c1-16(29-20-10-9-17-7-5-6-8-18(17)13-20)24(27)26-22-15-25(2,3)30-23-12-11-19(28-4)14-21(22)23/h5-14,16,22H,15H2,1-4H3,(H,26,27). The third-order valence-corrected chi connectivity index (χ3v) is 5.39. The van der Waals surface area contributed by atoms with Crippen molar-refractivity contribution in [1.82, 2.24) is 5.32 Å². The van der Waals surface area contributed by atoms with Gasteiger partial charge in [0, 0.05) is 12.0 Å². The monoisotopic (exact) mass is 405 g/mol. The van der Waals surface area contributed by atoms with E-state index in [2.05, 4.69) is 5.32 Å². The molecule has 0 aliphatic carbocycles. The summed E-state index contributed by atoms with van der Waals surface area (Å²) < 4.78 is 17.4. The Morgan fingerprint density at radius 3 is 2.57 bits per heavy atom. The molecule has 5 nitrogen and oxygen atoms in total. The number of carbonyl (C=O) groups is 1. The summed E-state index contributed by atoms with van der Waals surface area (Å²) in [4.78, 5) is 12.9. The van der Waals surface area contributed by atoms with Crippen LogP contribution in [0.3, 0.4) is 0 Å². The van der Waals surface area contributed by atoms with Crippen molar-refractivity contribution >= 4 is 16.7 Å². The van der Waals surface area contributed by atoms with Crippen molar-refractivity contribution in [3.63, 3.8) is 0 Å². The van der Waals surface area contributed by atoms with Gasteiger partial charge >= 0.3 is 0 Å². The highest BCUT2D eigenvalue weighted by Gasteiger charge is 2.35. The van der Waals surface area contributed by atoms with E-state index < -0.39 is 6.10 Å². The number of rotatable bonds is 5. The zero-order valence-electron chi connectivity index (χ0n) is 17.8. The number of hydrogen-bond acceptors (Lipinski definition) is 4. The van der Waals surface area contributed by atoms with Gasteiger partial charge in [-0.3, -0.25) is 4.79 Å². The summed E-state index contributed by atoms with van der Waals surface area (Å²) in [6.45, 7) is 5.81. The lowest BCUT2D eigenvalue weighted by molar-refractivity contribution is -0.128. The van der Waals surface area contributed by atoms with Gasteiger partial charge in [0.1, 0.15) is 22.8 Å². The van der Waals surface area contributed by atoms with E-state index in [4.69, 9.17) is 14.2 Å². The number of fused-ring (bicyclic) bond motifs is 2. The van der Waals surface area contributed by atoms with Crippen LogP contribution in [0.4, 0.5) is 0 Å². The van der Waals surface area contributed by atoms with Crippen molar-refractivity contribution in [3.8, 4) is 17.2 Å². The van der Waals surface area contributed by atoms with Crippen LogP contribution in [0.25, 0.3) is 10.8 Å². The van der Waals surface area contributed by atoms with Gasteiger partial charge in [0.25, 0.3) is 5.91 Å². The number of hydrogen-bond donors (Lipinski definition) is 1. The molecular weight excluding hydrogens is 378 g/mol. The molecule has 30 heavy (non-hydrogen) atoms. The summed E-state index contributed by atoms with van der Waals surface area (Å²) in [6, 6.07) is 19.4. The van der Waals surface area contributed by atoms with Crippen LogP contribution < -0.4 is 19.5 Å². The molecular formula is C25H27NO4. The Morgan fingerprint density at radius 2 is 1.80 bits per heavy atom. The Kier molecular flexibility index (Phi) is 5.29. The Balaban J connectivity index is 1.51. The van der Waals surface area contributed by atoms with E-state index >= 15 is 0 Å². The summed E-state index contributed by atoms with van der Waals surface area (Å²) in [7, 11) is 1.63. The summed E-state index contributed by atoms with van der Waals surface area (Å²) >= 11 is 0. The minimum absolute atomic E-state index is 0.167. The first-order valence-corrected chi connectivity index (χ1v) is 10.2. The van der Waals surface area contributed by atoms with Crippen molar-refractivity contribution in [3.05, 3.63) is 66.2 Å². The number of ether oxygens (including phenoxy) is 3. The van der Waals surface area contributed by atoms with Gasteiger partial charge in [0.2, 0.25) is 0 Å². The molecule has 156 valence electrons. The highest BCUT2D eigenvalue weighted by Crippen LogP contribution is 2.41. The molecule has 1 amide bonds. The number of benzene rings is 3. The molecule has 0 saturated carbocycles. The van der Waals surface area contributed by atoms with Gasteiger partial charge in [0.15, 0.2) is 6.10 Å². The Morgan fingerprint density at radius 1 is 1.07 bits per heavy atom. The van der Waals surface area contributed by atoms with Gasteiger partial charge in [-0.15, -0.1) is 0 Å². The largest absolute Gasteiger partial charge is 0.497 e. The van der Waals surface area contributed by atoms with E-state index in [0.29, 0.717) is 12.2 Å². The molecule has 0 aromatic heterocycles. The Bertz CT molecular complexity index is 1080. The fourth-order valence-corrected chi connectivity index (χ4v) is 3.88. The molecule has 3 aromatic carbocycles. The molecule has 0 bridgehead atoms. The van der Waals surface area contributed by atoms with E-state index in [1.165, 1.54) is 0 Å². The second kappa shape index (κ2) is 7.90. The lowest BCUT2D eigenvalue weighted by Gasteiger charge is -2.38. The molecule has 2 atom stereocenters. The van der Waals surface area contributed by atoms with Crippen molar-refractivity contribution < 1.29 is 19.0 Å². The van der Waals surface area contributed by atoms with Crippen molar-refractivity contribution in [2.45, 2.75) is 44.9 Å². The fraction of sp³-hybridized carbons (Fsp3) is 0.320. The molecule has 1 N–H and O–H groups in total. The predicted octanol–water partition coefficient (Wildman–Crippen LogP) is 5.03. The molecule has 3 aromatic rings. The zero-order valence-corrected chi connectivity index (χ0v) is 17.8. The first-order chi connectivity index (χ1) is 14.3. The molecule has 0 saturated heterocycles. The summed E-state index contributed by atoms with van der Waals surface area (Å²) in [5, 5.41) is 5.35. The Labute approximate surface area is 177 Å². The highest BCUT2D eigenvalue weighted by atomic mass is 16.5. The highest BCUT2D eigenvalue weighted by molar-refractivity contribution is 5.84. The maximum atomic E-state index is 12.9. The third-order valence-electron chi connectivity index (χ3n) is 5.39. The second-order valence-corrected chi connectivity index (χ2v) is 8.30. The average Bonchev–Trinajstić information content (AvgIpc) is 2.72. The average molecular weight is 405 g/mol. The van der Waals surface area contributed by atoms with Crippen LogP contribution in [-0.2, 0) is 4.79 Å². The maximum absolute atomic E-state index is 12.9. The summed E-state index contributed by atoms with van der Waals surface area (Å²) in [5.41, 5.74) is 0.530. The number of methoxy groups -OCH3 is 1.